The molecule has 0 spiro atoms. The Kier molecular flexibility index (Phi) is 4.93. The van der Waals surface area contributed by atoms with Crippen LogP contribution in [0.15, 0.2) is 34.8 Å². The number of nitrogens with zero attached hydrogens (tertiary/aromatic N) is 4. The normalized spacial score (nSPS) is 11.2. The molecule has 0 saturated carbocycles. The molecule has 0 aliphatic heterocycles. The Bertz CT molecular complexity index is 506. The summed E-state index contributed by atoms with van der Waals surface area (Å²) in [6.45, 7) is 6.20. The van der Waals surface area contributed by atoms with E-state index < -0.39 is 0 Å². The number of aryl methyl sites for hydroxylation is 1. The average molecular weight is 277 g/mol. The van der Waals surface area contributed by atoms with Gasteiger partial charge in [-0.1, -0.05) is 13.8 Å². The lowest BCUT2D eigenvalue weighted by atomic mass is 10.2. The average Bonchev–Trinajstić information content (AvgIpc) is 2.77. The lowest BCUT2D eigenvalue weighted by Gasteiger charge is -2.06. The van der Waals surface area contributed by atoms with E-state index in [4.69, 9.17) is 0 Å². The molecule has 2 aromatic rings. The maximum absolute atomic E-state index is 4.36. The smallest absolute Gasteiger partial charge is 0.192 e. The highest BCUT2D eigenvalue weighted by molar-refractivity contribution is 7.99. The second-order valence-electron chi connectivity index (χ2n) is 4.85. The quantitative estimate of drug-likeness (QED) is 0.820. The van der Waals surface area contributed by atoms with Crippen molar-refractivity contribution in [2.75, 3.05) is 6.54 Å². The van der Waals surface area contributed by atoms with Crippen molar-refractivity contribution >= 4 is 11.8 Å². The lowest BCUT2D eigenvalue weighted by molar-refractivity contribution is 0.550. The second kappa shape index (κ2) is 6.68. The summed E-state index contributed by atoms with van der Waals surface area (Å²) >= 11 is 1.52. The first-order chi connectivity index (χ1) is 9.13. The molecule has 1 N–H and O–H groups in total. The van der Waals surface area contributed by atoms with E-state index in [1.807, 2.05) is 31.8 Å². The topological polar surface area (TPSA) is 55.6 Å². The van der Waals surface area contributed by atoms with Crippen LogP contribution < -0.4 is 5.32 Å². The van der Waals surface area contributed by atoms with E-state index in [0.717, 1.165) is 28.7 Å². The molecular weight excluding hydrogens is 258 g/mol. The fraction of sp³-hybridized carbons (Fsp3) is 0.462. The van der Waals surface area contributed by atoms with Crippen molar-refractivity contribution in [2.24, 2.45) is 13.0 Å². The van der Waals surface area contributed by atoms with E-state index >= 15 is 0 Å². The van der Waals surface area contributed by atoms with Gasteiger partial charge in [-0.15, -0.1) is 0 Å². The van der Waals surface area contributed by atoms with Gasteiger partial charge in [-0.3, -0.25) is 4.68 Å². The number of hydrogen-bond acceptors (Lipinski definition) is 5. The molecule has 0 aromatic carbocycles. The van der Waals surface area contributed by atoms with Gasteiger partial charge in [0.15, 0.2) is 5.16 Å². The molecule has 0 fully saturated rings. The predicted octanol–water partition coefficient (Wildman–Crippen LogP) is 2.11. The molecular formula is C13H19N5S. The molecule has 0 bridgehead atoms. The Morgan fingerprint density at radius 2 is 2.00 bits per heavy atom. The summed E-state index contributed by atoms with van der Waals surface area (Å²) < 4.78 is 1.77. The minimum absolute atomic E-state index is 0.654. The minimum atomic E-state index is 0.654. The molecule has 5 nitrogen and oxygen atoms in total. The van der Waals surface area contributed by atoms with Crippen molar-refractivity contribution in [1.29, 1.82) is 0 Å². The predicted molar refractivity (Wildman–Crippen MR) is 75.9 cm³/mol. The summed E-state index contributed by atoms with van der Waals surface area (Å²) in [7, 11) is 1.90. The van der Waals surface area contributed by atoms with Crippen molar-refractivity contribution < 1.29 is 0 Å². The highest BCUT2D eigenvalue weighted by Gasteiger charge is 2.03. The molecule has 0 amide bonds. The first kappa shape index (κ1) is 14.0. The van der Waals surface area contributed by atoms with Crippen LogP contribution in [-0.2, 0) is 13.6 Å². The van der Waals surface area contributed by atoms with Crippen molar-refractivity contribution in [3.05, 3.63) is 30.4 Å². The number of aromatic nitrogens is 4. The number of nitrogens with one attached hydrogen (secondary N) is 1. The molecule has 0 aliphatic carbocycles. The van der Waals surface area contributed by atoms with Crippen molar-refractivity contribution in [1.82, 2.24) is 25.1 Å². The van der Waals surface area contributed by atoms with Crippen LogP contribution in [0.4, 0.5) is 0 Å². The van der Waals surface area contributed by atoms with Crippen LogP contribution in [0.25, 0.3) is 0 Å². The molecule has 19 heavy (non-hydrogen) atoms. The van der Waals surface area contributed by atoms with Gasteiger partial charge in [-0.2, -0.15) is 5.10 Å². The van der Waals surface area contributed by atoms with Crippen LogP contribution in [0.5, 0.6) is 0 Å². The molecule has 2 rings (SSSR count). The monoisotopic (exact) mass is 277 g/mol. The van der Waals surface area contributed by atoms with Gasteiger partial charge < -0.3 is 5.32 Å². The molecule has 0 atom stereocenters. The molecule has 0 aliphatic rings. The zero-order chi connectivity index (χ0) is 13.7. The Morgan fingerprint density at radius 1 is 1.26 bits per heavy atom. The standard InChI is InChI=1S/C13H19N5S/c1-10(2)4-14-5-11-6-15-13(16-7-11)19-12-8-17-18(3)9-12/h6-10,14H,4-5H2,1-3H3. The SMILES string of the molecule is CC(C)CNCc1cnc(Sc2cnn(C)c2)nc1. The summed E-state index contributed by atoms with van der Waals surface area (Å²) in [5, 5.41) is 8.24. The van der Waals surface area contributed by atoms with Crippen molar-refractivity contribution in [2.45, 2.75) is 30.4 Å². The second-order valence-corrected chi connectivity index (χ2v) is 5.89. The Morgan fingerprint density at radius 3 is 2.58 bits per heavy atom. The summed E-state index contributed by atoms with van der Waals surface area (Å²) in [4.78, 5) is 9.76. The zero-order valence-electron chi connectivity index (χ0n) is 11.5. The van der Waals surface area contributed by atoms with Gasteiger partial charge in [-0.25, -0.2) is 9.97 Å². The fourth-order valence-corrected chi connectivity index (χ4v) is 2.28. The first-order valence-electron chi connectivity index (χ1n) is 6.31. The van der Waals surface area contributed by atoms with Gasteiger partial charge in [0.25, 0.3) is 0 Å². The highest BCUT2D eigenvalue weighted by Crippen LogP contribution is 2.22. The van der Waals surface area contributed by atoms with Gasteiger partial charge in [0, 0.05) is 37.7 Å². The van der Waals surface area contributed by atoms with E-state index in [1.165, 1.54) is 11.8 Å². The minimum Gasteiger partial charge on any atom is -0.312 e. The van der Waals surface area contributed by atoms with E-state index in [9.17, 15) is 0 Å². The third kappa shape index (κ3) is 4.65. The first-order valence-corrected chi connectivity index (χ1v) is 7.13. The summed E-state index contributed by atoms with van der Waals surface area (Å²) in [6, 6.07) is 0. The summed E-state index contributed by atoms with van der Waals surface area (Å²) in [5.74, 6) is 0.654. The van der Waals surface area contributed by atoms with E-state index in [2.05, 4.69) is 34.2 Å². The third-order valence-corrected chi connectivity index (χ3v) is 3.29. The van der Waals surface area contributed by atoms with Crippen molar-refractivity contribution in [3.8, 4) is 0 Å². The van der Waals surface area contributed by atoms with Gasteiger partial charge in [0.05, 0.1) is 11.1 Å². The molecule has 0 radical (unpaired) electrons. The van der Waals surface area contributed by atoms with Crippen LogP contribution in [0.2, 0.25) is 0 Å². The Labute approximate surface area is 117 Å². The third-order valence-electron chi connectivity index (χ3n) is 2.45. The molecule has 0 saturated heterocycles. The fourth-order valence-electron chi connectivity index (χ4n) is 1.55. The molecule has 2 heterocycles. The van der Waals surface area contributed by atoms with Crippen LogP contribution in [0, 0.1) is 5.92 Å². The molecule has 0 unspecified atom stereocenters. The Balaban J connectivity index is 1.87. The largest absolute Gasteiger partial charge is 0.312 e. The lowest BCUT2D eigenvalue weighted by Crippen LogP contribution is -2.19. The van der Waals surface area contributed by atoms with Crippen LogP contribution in [0.1, 0.15) is 19.4 Å². The Hall–Kier alpha value is -1.40. The zero-order valence-corrected chi connectivity index (χ0v) is 12.3. The van der Waals surface area contributed by atoms with Crippen LogP contribution in [0.3, 0.4) is 0 Å². The van der Waals surface area contributed by atoms with Crippen LogP contribution >= 0.6 is 11.8 Å². The van der Waals surface area contributed by atoms with Crippen LogP contribution in [-0.4, -0.2) is 26.3 Å². The molecule has 102 valence electrons. The molecule has 6 heteroatoms. The molecule has 2 aromatic heterocycles. The highest BCUT2D eigenvalue weighted by atomic mass is 32.2. The number of rotatable bonds is 6. The van der Waals surface area contributed by atoms with E-state index in [1.54, 1.807) is 4.68 Å². The maximum Gasteiger partial charge on any atom is 0.192 e. The number of hydrogen-bond donors (Lipinski definition) is 1. The van der Waals surface area contributed by atoms with E-state index in [-0.39, 0.29) is 0 Å². The van der Waals surface area contributed by atoms with Crippen molar-refractivity contribution in [3.63, 3.8) is 0 Å². The van der Waals surface area contributed by atoms with Gasteiger partial charge in [0.1, 0.15) is 0 Å². The van der Waals surface area contributed by atoms with E-state index in [0.29, 0.717) is 5.92 Å². The van der Waals surface area contributed by atoms with Gasteiger partial charge >= 0.3 is 0 Å². The van der Waals surface area contributed by atoms with Gasteiger partial charge in [0.2, 0.25) is 0 Å². The van der Waals surface area contributed by atoms with Gasteiger partial charge in [-0.05, 0) is 24.2 Å². The summed E-state index contributed by atoms with van der Waals surface area (Å²) in [6.07, 6.45) is 7.51. The summed E-state index contributed by atoms with van der Waals surface area (Å²) in [5.41, 5.74) is 1.11. The maximum atomic E-state index is 4.36.